The number of nitrogens with zero attached hydrogens (tertiary/aromatic N) is 2. The predicted molar refractivity (Wildman–Crippen MR) is 103 cm³/mol. The molecule has 0 unspecified atom stereocenters. The van der Waals surface area contributed by atoms with E-state index in [0.29, 0.717) is 4.52 Å². The summed E-state index contributed by atoms with van der Waals surface area (Å²) in [6, 6.07) is 6.79. The summed E-state index contributed by atoms with van der Waals surface area (Å²) in [6.07, 6.45) is -3.76. The first-order valence-electron chi connectivity index (χ1n) is 8.24. The molecule has 0 aliphatic heterocycles. The van der Waals surface area contributed by atoms with Crippen LogP contribution in [-0.2, 0) is 6.18 Å². The van der Waals surface area contributed by atoms with Crippen molar-refractivity contribution < 1.29 is 22.7 Å². The number of halogens is 6. The maximum Gasteiger partial charge on any atom is 0.435 e. The molecule has 2 heterocycles. The second-order valence-corrected chi connectivity index (χ2v) is 7.09. The average molecular weight is 458 g/mol. The Balaban J connectivity index is 2.04. The van der Waals surface area contributed by atoms with Crippen LogP contribution in [-0.4, -0.2) is 19.7 Å². The Bertz CT molecular complexity index is 1360. The van der Waals surface area contributed by atoms with E-state index < -0.39 is 34.6 Å². The van der Waals surface area contributed by atoms with Crippen LogP contribution in [0.25, 0.3) is 27.9 Å². The summed E-state index contributed by atoms with van der Waals surface area (Å²) in [5, 5.41) is 13.6. The largest absolute Gasteiger partial charge is 0.507 e. The first kappa shape index (κ1) is 20.2. The van der Waals surface area contributed by atoms with Gasteiger partial charge in [0.15, 0.2) is 5.69 Å². The Morgan fingerprint density at radius 3 is 2.40 bits per heavy atom. The van der Waals surface area contributed by atoms with Crippen LogP contribution in [0.4, 0.5) is 17.6 Å². The Hall–Kier alpha value is -3.04. The number of alkyl halides is 3. The number of phenolic OH excluding ortho intramolecular Hbond substituents is 1. The molecule has 2 N–H and O–H groups in total. The lowest BCUT2D eigenvalue weighted by molar-refractivity contribution is -0.140. The fourth-order valence-corrected chi connectivity index (χ4v) is 3.36. The van der Waals surface area contributed by atoms with E-state index in [0.717, 1.165) is 24.4 Å². The summed E-state index contributed by atoms with van der Waals surface area (Å²) in [7, 11) is 0. The smallest absolute Gasteiger partial charge is 0.435 e. The molecule has 0 saturated heterocycles. The highest BCUT2D eigenvalue weighted by Gasteiger charge is 2.39. The van der Waals surface area contributed by atoms with Crippen molar-refractivity contribution >= 4 is 28.8 Å². The van der Waals surface area contributed by atoms with E-state index in [1.165, 1.54) is 18.2 Å². The Kier molecular flexibility index (Phi) is 4.74. The molecular weight excluding hydrogens is 449 g/mol. The second-order valence-electron chi connectivity index (χ2n) is 6.28. The van der Waals surface area contributed by atoms with Crippen molar-refractivity contribution in [2.24, 2.45) is 0 Å². The van der Waals surface area contributed by atoms with E-state index in [1.807, 2.05) is 0 Å². The van der Waals surface area contributed by atoms with Gasteiger partial charge in [0.25, 0.3) is 5.56 Å². The van der Waals surface area contributed by atoms with Crippen molar-refractivity contribution in [2.75, 3.05) is 0 Å². The van der Waals surface area contributed by atoms with Gasteiger partial charge in [0.05, 0.1) is 21.2 Å². The van der Waals surface area contributed by atoms with E-state index in [-0.39, 0.29) is 32.4 Å². The number of aromatic hydroxyl groups is 1. The molecule has 0 aliphatic carbocycles. The summed E-state index contributed by atoms with van der Waals surface area (Å²) in [5.74, 6) is -1.29. The number of hydrogen-bond donors (Lipinski definition) is 2. The van der Waals surface area contributed by atoms with Crippen LogP contribution in [0.1, 0.15) is 5.69 Å². The molecule has 0 bridgehead atoms. The highest BCUT2D eigenvalue weighted by Crippen LogP contribution is 2.40. The zero-order valence-corrected chi connectivity index (χ0v) is 16.1. The highest BCUT2D eigenvalue weighted by molar-refractivity contribution is 6.42. The van der Waals surface area contributed by atoms with Gasteiger partial charge in [0.2, 0.25) is 0 Å². The van der Waals surface area contributed by atoms with Crippen LogP contribution in [0.3, 0.4) is 0 Å². The molecule has 154 valence electrons. The number of nitrogens with one attached hydrogen (secondary N) is 1. The summed E-state index contributed by atoms with van der Waals surface area (Å²) in [5.41, 5.74) is -3.11. The molecule has 2 aromatic heterocycles. The van der Waals surface area contributed by atoms with E-state index in [1.54, 1.807) is 0 Å². The molecule has 0 fully saturated rings. The molecule has 30 heavy (non-hydrogen) atoms. The van der Waals surface area contributed by atoms with Gasteiger partial charge < -0.3 is 10.1 Å². The molecule has 4 aromatic rings. The average Bonchev–Trinajstić information content (AvgIpc) is 3.06. The molecule has 0 aliphatic rings. The monoisotopic (exact) mass is 457 g/mol. The first-order chi connectivity index (χ1) is 14.1. The van der Waals surface area contributed by atoms with Crippen LogP contribution >= 0.6 is 23.2 Å². The minimum absolute atomic E-state index is 0.0249. The van der Waals surface area contributed by atoms with Crippen molar-refractivity contribution in [1.29, 1.82) is 0 Å². The molecular formula is C19H9Cl2F4N3O2. The van der Waals surface area contributed by atoms with E-state index in [4.69, 9.17) is 23.2 Å². The van der Waals surface area contributed by atoms with Crippen molar-refractivity contribution in [3.63, 3.8) is 0 Å². The van der Waals surface area contributed by atoms with Gasteiger partial charge in [-0.2, -0.15) is 22.8 Å². The van der Waals surface area contributed by atoms with Gasteiger partial charge in [-0.3, -0.25) is 4.79 Å². The molecule has 0 saturated carbocycles. The number of H-pyrrole nitrogens is 1. The number of aromatic amines is 1. The lowest BCUT2D eigenvalue weighted by Gasteiger charge is -2.08. The van der Waals surface area contributed by atoms with Crippen molar-refractivity contribution in [1.82, 2.24) is 14.6 Å². The standard InChI is InChI=1S/C19H9Cl2F4N3O2/c20-12-4-1-8(5-13(12)21)15-16(19(23,24)25)27-28-17(15)26-7-11(18(28)30)10-3-2-9(22)6-14(10)29/h1-7,26,29H. The summed E-state index contributed by atoms with van der Waals surface area (Å²) < 4.78 is 54.8. The third kappa shape index (κ3) is 3.29. The minimum atomic E-state index is -4.88. The van der Waals surface area contributed by atoms with E-state index >= 15 is 0 Å². The van der Waals surface area contributed by atoms with Crippen molar-refractivity contribution in [3.05, 3.63) is 74.5 Å². The molecule has 5 nitrogen and oxygen atoms in total. The molecule has 0 amide bonds. The summed E-state index contributed by atoms with van der Waals surface area (Å²) >= 11 is 11.8. The van der Waals surface area contributed by atoms with Crippen molar-refractivity contribution in [2.45, 2.75) is 6.18 Å². The summed E-state index contributed by atoms with van der Waals surface area (Å²) in [6.45, 7) is 0. The van der Waals surface area contributed by atoms with E-state index in [9.17, 15) is 27.5 Å². The van der Waals surface area contributed by atoms with Gasteiger partial charge in [-0.15, -0.1) is 0 Å². The molecule has 0 spiro atoms. The van der Waals surface area contributed by atoms with Crippen LogP contribution in [0.2, 0.25) is 10.0 Å². The van der Waals surface area contributed by atoms with Gasteiger partial charge in [-0.1, -0.05) is 29.3 Å². The Morgan fingerprint density at radius 2 is 1.77 bits per heavy atom. The predicted octanol–water partition coefficient (Wildman–Crippen LogP) is 5.53. The Morgan fingerprint density at radius 1 is 1.03 bits per heavy atom. The molecule has 0 radical (unpaired) electrons. The Labute approximate surface area is 175 Å². The third-order valence-corrected chi connectivity index (χ3v) is 5.13. The van der Waals surface area contributed by atoms with Crippen LogP contribution < -0.4 is 5.56 Å². The van der Waals surface area contributed by atoms with Crippen LogP contribution in [0.15, 0.2) is 47.4 Å². The van der Waals surface area contributed by atoms with Crippen LogP contribution in [0.5, 0.6) is 5.75 Å². The topological polar surface area (TPSA) is 70.4 Å². The SMILES string of the molecule is O=c1c(-c2ccc(F)cc2O)c[nH]c2c(-c3ccc(Cl)c(Cl)c3)c(C(F)(F)F)nn12. The van der Waals surface area contributed by atoms with Gasteiger partial charge in [0.1, 0.15) is 17.2 Å². The van der Waals surface area contributed by atoms with Gasteiger partial charge >= 0.3 is 6.18 Å². The summed E-state index contributed by atoms with van der Waals surface area (Å²) in [4.78, 5) is 15.5. The number of hydrogen-bond acceptors (Lipinski definition) is 3. The maximum atomic E-state index is 13.7. The number of aromatic nitrogens is 3. The van der Waals surface area contributed by atoms with Gasteiger partial charge in [-0.05, 0) is 29.8 Å². The zero-order valence-electron chi connectivity index (χ0n) is 14.6. The normalized spacial score (nSPS) is 11.9. The first-order valence-corrected chi connectivity index (χ1v) is 8.99. The van der Waals surface area contributed by atoms with Gasteiger partial charge in [0, 0.05) is 17.8 Å². The number of benzene rings is 2. The quantitative estimate of drug-likeness (QED) is 0.389. The van der Waals surface area contributed by atoms with Crippen LogP contribution in [0, 0.1) is 5.82 Å². The molecule has 2 aromatic carbocycles. The highest BCUT2D eigenvalue weighted by atomic mass is 35.5. The maximum absolute atomic E-state index is 13.7. The number of rotatable bonds is 2. The zero-order chi connectivity index (χ0) is 21.8. The van der Waals surface area contributed by atoms with Gasteiger partial charge in [-0.25, -0.2) is 4.39 Å². The molecule has 11 heteroatoms. The lowest BCUT2D eigenvalue weighted by atomic mass is 10.0. The van der Waals surface area contributed by atoms with Crippen molar-refractivity contribution in [3.8, 4) is 28.0 Å². The third-order valence-electron chi connectivity index (χ3n) is 4.39. The fraction of sp³-hybridized carbons (Fsp3) is 0.0526. The lowest BCUT2D eigenvalue weighted by Crippen LogP contribution is -2.18. The molecule has 0 atom stereocenters. The minimum Gasteiger partial charge on any atom is -0.507 e. The second kappa shape index (κ2) is 7.03. The molecule has 4 rings (SSSR count). The fourth-order valence-electron chi connectivity index (χ4n) is 3.06. The van der Waals surface area contributed by atoms with E-state index in [2.05, 4.69) is 10.1 Å². The number of phenols is 1. The number of fused-ring (bicyclic) bond motifs is 1.